The first-order valence-corrected chi connectivity index (χ1v) is 11.2. The first-order valence-electron chi connectivity index (χ1n) is 10.4. The molecule has 172 valence electrons. The first kappa shape index (κ1) is 23.9. The molecule has 0 atom stereocenters. The number of fused-ring (bicyclic) bond motifs is 1. The van der Waals surface area contributed by atoms with E-state index in [1.54, 1.807) is 37.6 Å². The van der Waals surface area contributed by atoms with E-state index in [0.29, 0.717) is 23.7 Å². The molecular weight excluding hydrogens is 431 g/mol. The summed E-state index contributed by atoms with van der Waals surface area (Å²) in [7, 11) is 3.83. The van der Waals surface area contributed by atoms with Crippen LogP contribution in [0.3, 0.4) is 0 Å². The van der Waals surface area contributed by atoms with Gasteiger partial charge in [-0.3, -0.25) is 9.59 Å². The summed E-state index contributed by atoms with van der Waals surface area (Å²) in [6.45, 7) is 8.14. The SMILES string of the molecule is Cc1nn(-c2ccc(F)cc2)c2sc(C(=O)N(CCN(C)C)CC(=O)OC(C)(C)C)cc12. The van der Waals surface area contributed by atoms with Crippen molar-refractivity contribution in [3.8, 4) is 5.69 Å². The largest absolute Gasteiger partial charge is 0.459 e. The third-order valence-electron chi connectivity index (χ3n) is 4.67. The molecule has 0 saturated heterocycles. The van der Waals surface area contributed by atoms with Crippen molar-refractivity contribution in [2.45, 2.75) is 33.3 Å². The molecule has 0 fully saturated rings. The van der Waals surface area contributed by atoms with Crippen LogP contribution in [0.5, 0.6) is 0 Å². The smallest absolute Gasteiger partial charge is 0.326 e. The Hall–Kier alpha value is -2.78. The normalized spacial score (nSPS) is 11.9. The Morgan fingerprint density at radius 1 is 1.16 bits per heavy atom. The van der Waals surface area contributed by atoms with Gasteiger partial charge in [-0.15, -0.1) is 11.3 Å². The molecule has 32 heavy (non-hydrogen) atoms. The number of rotatable bonds is 7. The number of benzene rings is 1. The van der Waals surface area contributed by atoms with Crippen LogP contribution in [-0.2, 0) is 9.53 Å². The Bertz CT molecular complexity index is 1110. The number of thiophene rings is 1. The molecule has 0 bridgehead atoms. The van der Waals surface area contributed by atoms with E-state index in [2.05, 4.69) is 5.10 Å². The second-order valence-electron chi connectivity index (χ2n) is 8.92. The van der Waals surface area contributed by atoms with Gasteiger partial charge in [0, 0.05) is 18.5 Å². The van der Waals surface area contributed by atoms with E-state index < -0.39 is 11.6 Å². The summed E-state index contributed by atoms with van der Waals surface area (Å²) in [6, 6.07) is 7.86. The van der Waals surface area contributed by atoms with Crippen molar-refractivity contribution in [1.29, 1.82) is 0 Å². The van der Waals surface area contributed by atoms with E-state index in [1.165, 1.54) is 28.4 Å². The van der Waals surface area contributed by atoms with Gasteiger partial charge >= 0.3 is 5.97 Å². The molecule has 0 unspecified atom stereocenters. The summed E-state index contributed by atoms with van der Waals surface area (Å²) in [5.41, 5.74) is 0.857. The quantitative estimate of drug-likeness (QED) is 0.501. The van der Waals surface area contributed by atoms with Crippen molar-refractivity contribution >= 4 is 33.4 Å². The number of likely N-dealkylation sites (N-methyl/N-ethyl adjacent to an activating group) is 1. The Labute approximate surface area is 191 Å². The van der Waals surface area contributed by atoms with Gasteiger partial charge in [-0.25, -0.2) is 9.07 Å². The minimum atomic E-state index is -0.624. The molecule has 9 heteroatoms. The van der Waals surface area contributed by atoms with Crippen LogP contribution >= 0.6 is 11.3 Å². The van der Waals surface area contributed by atoms with E-state index in [-0.39, 0.29) is 18.3 Å². The lowest BCUT2D eigenvalue weighted by Crippen LogP contribution is -2.41. The van der Waals surface area contributed by atoms with Gasteiger partial charge < -0.3 is 14.5 Å². The Kier molecular flexibility index (Phi) is 7.00. The molecule has 2 aromatic heterocycles. The topological polar surface area (TPSA) is 67.7 Å². The molecule has 0 aliphatic carbocycles. The predicted molar refractivity (Wildman–Crippen MR) is 124 cm³/mol. The fourth-order valence-corrected chi connectivity index (χ4v) is 4.32. The molecule has 1 amide bonds. The lowest BCUT2D eigenvalue weighted by atomic mass is 10.2. The zero-order valence-electron chi connectivity index (χ0n) is 19.3. The highest BCUT2D eigenvalue weighted by Crippen LogP contribution is 2.31. The van der Waals surface area contributed by atoms with Crippen molar-refractivity contribution < 1.29 is 18.7 Å². The fourth-order valence-electron chi connectivity index (χ4n) is 3.17. The molecular formula is C23H29FN4O3S. The van der Waals surface area contributed by atoms with E-state index in [4.69, 9.17) is 4.74 Å². The van der Waals surface area contributed by atoms with Gasteiger partial charge in [0.05, 0.1) is 16.3 Å². The number of hydrogen-bond donors (Lipinski definition) is 0. The maximum Gasteiger partial charge on any atom is 0.326 e. The monoisotopic (exact) mass is 460 g/mol. The third-order valence-corrected chi connectivity index (χ3v) is 5.77. The molecule has 3 rings (SSSR count). The first-order chi connectivity index (χ1) is 14.9. The van der Waals surface area contributed by atoms with E-state index in [1.807, 2.05) is 32.0 Å². The van der Waals surface area contributed by atoms with Gasteiger partial charge in [-0.1, -0.05) is 0 Å². The zero-order valence-corrected chi connectivity index (χ0v) is 20.1. The molecule has 0 saturated carbocycles. The number of nitrogens with zero attached hydrogens (tertiary/aromatic N) is 4. The molecule has 0 N–H and O–H groups in total. The highest BCUT2D eigenvalue weighted by molar-refractivity contribution is 7.20. The summed E-state index contributed by atoms with van der Waals surface area (Å²) >= 11 is 1.30. The van der Waals surface area contributed by atoms with Crippen molar-refractivity contribution in [3.63, 3.8) is 0 Å². The van der Waals surface area contributed by atoms with Crippen molar-refractivity contribution in [2.24, 2.45) is 0 Å². The molecule has 3 aromatic rings. The molecule has 0 radical (unpaired) electrons. The summed E-state index contributed by atoms with van der Waals surface area (Å²) in [5.74, 6) is -1.00. The number of carbonyl (C=O) groups is 2. The second kappa shape index (κ2) is 9.38. The van der Waals surface area contributed by atoms with Crippen LogP contribution in [0.15, 0.2) is 30.3 Å². The molecule has 0 aliphatic heterocycles. The molecule has 7 nitrogen and oxygen atoms in total. The Morgan fingerprint density at radius 3 is 2.41 bits per heavy atom. The Morgan fingerprint density at radius 2 is 1.81 bits per heavy atom. The lowest BCUT2D eigenvalue weighted by molar-refractivity contribution is -0.155. The van der Waals surface area contributed by atoms with Gasteiger partial charge in [0.25, 0.3) is 5.91 Å². The highest BCUT2D eigenvalue weighted by atomic mass is 32.1. The number of halogens is 1. The number of amides is 1. The molecule has 0 spiro atoms. The van der Waals surface area contributed by atoms with Crippen LogP contribution in [0, 0.1) is 12.7 Å². The summed E-state index contributed by atoms with van der Waals surface area (Å²) in [5, 5.41) is 5.40. The summed E-state index contributed by atoms with van der Waals surface area (Å²) in [6.07, 6.45) is 0. The average Bonchev–Trinajstić information content (AvgIpc) is 3.24. The van der Waals surface area contributed by atoms with Crippen LogP contribution in [0.1, 0.15) is 36.1 Å². The maximum atomic E-state index is 13.4. The lowest BCUT2D eigenvalue weighted by Gasteiger charge is -2.26. The van der Waals surface area contributed by atoms with Crippen LogP contribution in [-0.4, -0.2) is 70.8 Å². The minimum absolute atomic E-state index is 0.124. The van der Waals surface area contributed by atoms with E-state index in [9.17, 15) is 14.0 Å². The van der Waals surface area contributed by atoms with Crippen LogP contribution in [0.4, 0.5) is 4.39 Å². The van der Waals surface area contributed by atoms with Crippen LogP contribution < -0.4 is 0 Å². The van der Waals surface area contributed by atoms with Gasteiger partial charge in [0.1, 0.15) is 22.8 Å². The molecule has 0 aliphatic rings. The van der Waals surface area contributed by atoms with Gasteiger partial charge in [0.2, 0.25) is 0 Å². The van der Waals surface area contributed by atoms with E-state index in [0.717, 1.165) is 15.9 Å². The number of carbonyl (C=O) groups excluding carboxylic acids is 2. The average molecular weight is 461 g/mol. The number of aromatic nitrogens is 2. The molecule has 2 heterocycles. The van der Waals surface area contributed by atoms with Crippen molar-refractivity contribution in [2.75, 3.05) is 33.7 Å². The number of hydrogen-bond acceptors (Lipinski definition) is 6. The standard InChI is InChI=1S/C23H29FN4O3S/c1-15-18-13-19(32-22(18)28(25-15)17-9-7-16(24)8-10-17)21(30)27(12-11-26(5)6)14-20(29)31-23(2,3)4/h7-10,13H,11-12,14H2,1-6H3. The number of esters is 1. The third kappa shape index (κ3) is 5.72. The zero-order chi connectivity index (χ0) is 23.6. The van der Waals surface area contributed by atoms with Gasteiger partial charge in [-0.2, -0.15) is 5.10 Å². The number of ether oxygens (including phenoxy) is 1. The summed E-state index contributed by atoms with van der Waals surface area (Å²) < 4.78 is 20.5. The fraction of sp³-hybridized carbons (Fsp3) is 0.435. The highest BCUT2D eigenvalue weighted by Gasteiger charge is 2.25. The Balaban J connectivity index is 1.91. The van der Waals surface area contributed by atoms with Crippen LogP contribution in [0.2, 0.25) is 0 Å². The van der Waals surface area contributed by atoms with Crippen LogP contribution in [0.25, 0.3) is 15.9 Å². The minimum Gasteiger partial charge on any atom is -0.459 e. The second-order valence-corrected chi connectivity index (χ2v) is 9.95. The van der Waals surface area contributed by atoms with Gasteiger partial charge in [-0.05, 0) is 72.1 Å². The summed E-state index contributed by atoms with van der Waals surface area (Å²) in [4.78, 5) is 30.6. The van der Waals surface area contributed by atoms with E-state index >= 15 is 0 Å². The predicted octanol–water partition coefficient (Wildman–Crippen LogP) is 3.88. The molecule has 1 aromatic carbocycles. The number of aryl methyl sites for hydroxylation is 1. The van der Waals surface area contributed by atoms with Gasteiger partial charge in [0.15, 0.2) is 0 Å². The van der Waals surface area contributed by atoms with Crippen molar-refractivity contribution in [1.82, 2.24) is 19.6 Å². The maximum absolute atomic E-state index is 13.4. The van der Waals surface area contributed by atoms with Crippen molar-refractivity contribution in [3.05, 3.63) is 46.7 Å².